The van der Waals surface area contributed by atoms with Crippen LogP contribution in [0.15, 0.2) is 54.9 Å². The van der Waals surface area contributed by atoms with Crippen LogP contribution < -0.4 is 0 Å². The van der Waals surface area contributed by atoms with Crippen LogP contribution in [0.25, 0.3) is 10.8 Å². The van der Waals surface area contributed by atoms with Gasteiger partial charge in [-0.05, 0) is 36.2 Å². The smallest absolute Gasteiger partial charge is 0.107 e. The van der Waals surface area contributed by atoms with E-state index in [0.717, 1.165) is 16.5 Å². The standard InChI is InChI=1S/C17H18N2O/c1-12(2)19-11-16(10-18-19)17(20)15-8-7-13-5-3-4-6-14(13)9-15/h3-12,17,20H,1-2H3. The van der Waals surface area contributed by atoms with E-state index in [2.05, 4.69) is 31.1 Å². The van der Waals surface area contributed by atoms with Gasteiger partial charge in [-0.15, -0.1) is 0 Å². The molecule has 3 nitrogen and oxygen atoms in total. The quantitative estimate of drug-likeness (QED) is 0.785. The van der Waals surface area contributed by atoms with Gasteiger partial charge in [-0.1, -0.05) is 36.4 Å². The summed E-state index contributed by atoms with van der Waals surface area (Å²) in [5.41, 5.74) is 1.72. The second-order valence-electron chi connectivity index (χ2n) is 5.36. The van der Waals surface area contributed by atoms with Crippen molar-refractivity contribution in [3.05, 3.63) is 66.0 Å². The summed E-state index contributed by atoms with van der Waals surface area (Å²) < 4.78 is 1.86. The van der Waals surface area contributed by atoms with Gasteiger partial charge in [0.15, 0.2) is 0 Å². The summed E-state index contributed by atoms with van der Waals surface area (Å²) >= 11 is 0. The van der Waals surface area contributed by atoms with Crippen molar-refractivity contribution >= 4 is 10.8 Å². The minimum atomic E-state index is -0.632. The van der Waals surface area contributed by atoms with Gasteiger partial charge in [0.1, 0.15) is 6.10 Å². The molecule has 0 aliphatic rings. The van der Waals surface area contributed by atoms with Crippen LogP contribution in [0.1, 0.15) is 37.1 Å². The summed E-state index contributed by atoms with van der Waals surface area (Å²) in [6, 6.07) is 14.5. The van der Waals surface area contributed by atoms with E-state index in [4.69, 9.17) is 0 Å². The Hall–Kier alpha value is -2.13. The van der Waals surface area contributed by atoms with Crippen molar-refractivity contribution < 1.29 is 5.11 Å². The van der Waals surface area contributed by atoms with Gasteiger partial charge >= 0.3 is 0 Å². The van der Waals surface area contributed by atoms with E-state index in [-0.39, 0.29) is 0 Å². The van der Waals surface area contributed by atoms with E-state index in [1.165, 1.54) is 5.39 Å². The highest BCUT2D eigenvalue weighted by Gasteiger charge is 2.13. The zero-order valence-electron chi connectivity index (χ0n) is 11.7. The highest BCUT2D eigenvalue weighted by molar-refractivity contribution is 5.83. The van der Waals surface area contributed by atoms with Gasteiger partial charge in [0, 0.05) is 17.8 Å². The Morgan fingerprint density at radius 3 is 2.45 bits per heavy atom. The topological polar surface area (TPSA) is 38.0 Å². The largest absolute Gasteiger partial charge is 0.384 e. The van der Waals surface area contributed by atoms with Crippen molar-refractivity contribution in [3.63, 3.8) is 0 Å². The Labute approximate surface area is 118 Å². The van der Waals surface area contributed by atoms with Crippen LogP contribution in [0.3, 0.4) is 0 Å². The van der Waals surface area contributed by atoms with Crippen LogP contribution >= 0.6 is 0 Å². The molecule has 3 aromatic rings. The molecule has 20 heavy (non-hydrogen) atoms. The van der Waals surface area contributed by atoms with Crippen LogP contribution in [0.2, 0.25) is 0 Å². The number of rotatable bonds is 3. The number of fused-ring (bicyclic) bond motifs is 1. The molecule has 102 valence electrons. The van der Waals surface area contributed by atoms with E-state index in [1.54, 1.807) is 6.20 Å². The van der Waals surface area contributed by atoms with Crippen molar-refractivity contribution in [3.8, 4) is 0 Å². The maximum atomic E-state index is 10.5. The fraction of sp³-hybridized carbons (Fsp3) is 0.235. The first-order valence-corrected chi connectivity index (χ1v) is 6.86. The molecule has 3 rings (SSSR count). The third-order valence-electron chi connectivity index (χ3n) is 3.56. The van der Waals surface area contributed by atoms with Gasteiger partial charge in [-0.25, -0.2) is 0 Å². The SMILES string of the molecule is CC(C)n1cc(C(O)c2ccc3ccccc3c2)cn1. The van der Waals surface area contributed by atoms with Gasteiger partial charge in [0.2, 0.25) is 0 Å². The second kappa shape index (κ2) is 5.10. The lowest BCUT2D eigenvalue weighted by molar-refractivity contribution is 0.220. The van der Waals surface area contributed by atoms with Crippen molar-refractivity contribution in [2.45, 2.75) is 26.0 Å². The van der Waals surface area contributed by atoms with Crippen LogP contribution in [0, 0.1) is 0 Å². The van der Waals surface area contributed by atoms with E-state index in [0.29, 0.717) is 6.04 Å². The molecule has 0 bridgehead atoms. The maximum absolute atomic E-state index is 10.5. The summed E-state index contributed by atoms with van der Waals surface area (Å²) in [6.45, 7) is 4.14. The molecule has 0 saturated heterocycles. The number of aliphatic hydroxyl groups is 1. The Bertz CT molecular complexity index is 730. The average Bonchev–Trinajstić information content (AvgIpc) is 2.96. The number of hydrogen-bond donors (Lipinski definition) is 1. The predicted octanol–water partition coefficient (Wildman–Crippen LogP) is 3.70. The Morgan fingerprint density at radius 1 is 1.00 bits per heavy atom. The highest BCUT2D eigenvalue weighted by Crippen LogP contribution is 2.25. The number of nitrogens with zero attached hydrogens (tertiary/aromatic N) is 2. The zero-order valence-corrected chi connectivity index (χ0v) is 11.7. The summed E-state index contributed by atoms with van der Waals surface area (Å²) in [5.74, 6) is 0. The number of aliphatic hydroxyl groups excluding tert-OH is 1. The van der Waals surface area contributed by atoms with Gasteiger partial charge in [-0.2, -0.15) is 5.10 Å². The average molecular weight is 266 g/mol. The van der Waals surface area contributed by atoms with Crippen molar-refractivity contribution in [2.75, 3.05) is 0 Å². The molecule has 0 saturated carbocycles. The first kappa shape index (κ1) is 12.9. The summed E-state index contributed by atoms with van der Waals surface area (Å²) in [4.78, 5) is 0. The summed E-state index contributed by atoms with van der Waals surface area (Å²) in [7, 11) is 0. The third kappa shape index (κ3) is 2.32. The molecule has 1 unspecified atom stereocenters. The van der Waals surface area contributed by atoms with Gasteiger partial charge in [0.05, 0.1) is 6.20 Å². The van der Waals surface area contributed by atoms with E-state index in [1.807, 2.05) is 41.2 Å². The Kier molecular flexibility index (Phi) is 3.28. The minimum absolute atomic E-state index is 0.299. The molecule has 1 aromatic heterocycles. The van der Waals surface area contributed by atoms with Crippen LogP contribution in [0.4, 0.5) is 0 Å². The molecule has 3 heteroatoms. The van der Waals surface area contributed by atoms with Crippen molar-refractivity contribution in [2.24, 2.45) is 0 Å². The molecule has 0 radical (unpaired) electrons. The lowest BCUT2D eigenvalue weighted by Crippen LogP contribution is -2.01. The highest BCUT2D eigenvalue weighted by atomic mass is 16.3. The third-order valence-corrected chi connectivity index (χ3v) is 3.56. The zero-order chi connectivity index (χ0) is 14.1. The molecule has 0 spiro atoms. The van der Waals surface area contributed by atoms with E-state index < -0.39 is 6.10 Å². The van der Waals surface area contributed by atoms with Gasteiger partial charge < -0.3 is 5.11 Å². The molecule has 0 aliphatic carbocycles. The fourth-order valence-electron chi connectivity index (χ4n) is 2.35. The van der Waals surface area contributed by atoms with E-state index >= 15 is 0 Å². The normalized spacial score (nSPS) is 13.0. The van der Waals surface area contributed by atoms with E-state index in [9.17, 15) is 5.11 Å². The molecule has 0 fully saturated rings. The molecule has 1 heterocycles. The van der Waals surface area contributed by atoms with Crippen LogP contribution in [-0.4, -0.2) is 14.9 Å². The number of aromatic nitrogens is 2. The number of benzene rings is 2. The fourth-order valence-corrected chi connectivity index (χ4v) is 2.35. The molecule has 2 aromatic carbocycles. The molecule has 0 aliphatic heterocycles. The Balaban J connectivity index is 1.96. The maximum Gasteiger partial charge on any atom is 0.107 e. The summed E-state index contributed by atoms with van der Waals surface area (Å²) in [6.07, 6.45) is 3.01. The lowest BCUT2D eigenvalue weighted by atomic mass is 10.0. The van der Waals surface area contributed by atoms with Crippen molar-refractivity contribution in [1.82, 2.24) is 9.78 Å². The van der Waals surface area contributed by atoms with Crippen molar-refractivity contribution in [1.29, 1.82) is 0 Å². The second-order valence-corrected chi connectivity index (χ2v) is 5.36. The minimum Gasteiger partial charge on any atom is -0.384 e. The molecular formula is C17H18N2O. The van der Waals surface area contributed by atoms with Gasteiger partial charge in [-0.3, -0.25) is 4.68 Å². The first-order valence-electron chi connectivity index (χ1n) is 6.86. The summed E-state index contributed by atoms with van der Waals surface area (Å²) in [5, 5.41) is 17.1. The Morgan fingerprint density at radius 2 is 1.75 bits per heavy atom. The molecular weight excluding hydrogens is 248 g/mol. The van der Waals surface area contributed by atoms with Gasteiger partial charge in [0.25, 0.3) is 0 Å². The number of hydrogen-bond acceptors (Lipinski definition) is 2. The first-order chi connectivity index (χ1) is 9.65. The predicted molar refractivity (Wildman–Crippen MR) is 80.6 cm³/mol. The molecule has 1 N–H and O–H groups in total. The van der Waals surface area contributed by atoms with Crippen LogP contribution in [-0.2, 0) is 0 Å². The lowest BCUT2D eigenvalue weighted by Gasteiger charge is -2.10. The molecule has 0 amide bonds. The van der Waals surface area contributed by atoms with Crippen LogP contribution in [0.5, 0.6) is 0 Å². The molecule has 1 atom stereocenters. The monoisotopic (exact) mass is 266 g/mol.